The molecule has 14 heteroatoms. The molecule has 9 atom stereocenters. The van der Waals surface area contributed by atoms with Crippen molar-refractivity contribution in [1.29, 1.82) is 0 Å². The summed E-state index contributed by atoms with van der Waals surface area (Å²) in [7, 11) is 1.36. The fraction of sp³-hybridized carbons (Fsp3) is 0.636. The molecule has 1 aromatic rings. The van der Waals surface area contributed by atoms with Crippen molar-refractivity contribution in [2.75, 3.05) is 20.1 Å². The first-order chi connectivity index (χ1) is 22.1. The first-order valence-electron chi connectivity index (χ1n) is 16.3. The lowest BCUT2D eigenvalue weighted by atomic mass is 10.0. The minimum Gasteiger partial charge on any atom is -0.458 e. The first kappa shape index (κ1) is 35.8. The molecular formula is C33H48N6O8. The highest BCUT2D eigenvalue weighted by molar-refractivity contribution is 5.97. The van der Waals surface area contributed by atoms with Crippen LogP contribution in [-0.4, -0.2) is 124 Å². The lowest BCUT2D eigenvalue weighted by Gasteiger charge is -2.37. The molecular weight excluding hydrogens is 608 g/mol. The number of aryl methyl sites for hydroxylation is 1. The van der Waals surface area contributed by atoms with Crippen molar-refractivity contribution >= 4 is 35.5 Å². The van der Waals surface area contributed by atoms with Gasteiger partial charge in [-0.3, -0.25) is 24.0 Å². The number of rotatable bonds is 5. The van der Waals surface area contributed by atoms with E-state index in [0.29, 0.717) is 12.8 Å². The van der Waals surface area contributed by atoms with Crippen LogP contribution >= 0.6 is 0 Å². The van der Waals surface area contributed by atoms with Crippen molar-refractivity contribution in [3.8, 4) is 0 Å². The second-order valence-corrected chi connectivity index (χ2v) is 13.3. The number of aliphatic hydroxyl groups excluding tert-OH is 1. The number of hydrogen-bond donors (Lipinski definition) is 4. The Bertz CT molecular complexity index is 1390. The molecule has 5 amide bonds. The summed E-state index contributed by atoms with van der Waals surface area (Å²) >= 11 is 0. The average Bonchev–Trinajstić information content (AvgIpc) is 3.65. The van der Waals surface area contributed by atoms with E-state index in [0.717, 1.165) is 16.0 Å². The number of carbonyl (C=O) groups excluding carboxylic acids is 6. The normalized spacial score (nSPS) is 30.8. The van der Waals surface area contributed by atoms with Gasteiger partial charge in [-0.1, -0.05) is 36.8 Å². The van der Waals surface area contributed by atoms with Crippen LogP contribution in [0.5, 0.6) is 0 Å². The van der Waals surface area contributed by atoms with Gasteiger partial charge < -0.3 is 40.9 Å². The van der Waals surface area contributed by atoms with E-state index in [9.17, 15) is 33.9 Å². The van der Waals surface area contributed by atoms with Crippen LogP contribution in [0.2, 0.25) is 0 Å². The van der Waals surface area contributed by atoms with Crippen LogP contribution in [0.25, 0.3) is 0 Å². The lowest BCUT2D eigenvalue weighted by molar-refractivity contribution is -0.163. The van der Waals surface area contributed by atoms with Crippen LogP contribution in [0.4, 0.5) is 0 Å². The lowest BCUT2D eigenvalue weighted by Crippen LogP contribution is -2.63. The van der Waals surface area contributed by atoms with Gasteiger partial charge in [0.25, 0.3) is 0 Å². The van der Waals surface area contributed by atoms with Gasteiger partial charge in [0.1, 0.15) is 36.3 Å². The molecule has 258 valence electrons. The van der Waals surface area contributed by atoms with Gasteiger partial charge in [0, 0.05) is 20.1 Å². The smallest absolute Gasteiger partial charge is 0.329 e. The molecule has 3 heterocycles. The number of ether oxygens (including phenoxy) is 1. The number of aliphatic hydroxyl groups is 1. The van der Waals surface area contributed by atoms with E-state index >= 15 is 0 Å². The maximum absolute atomic E-state index is 14.2. The number of carbonyl (C=O) groups is 6. The van der Waals surface area contributed by atoms with Crippen LogP contribution in [0.3, 0.4) is 0 Å². The Morgan fingerprint density at radius 2 is 1.79 bits per heavy atom. The van der Waals surface area contributed by atoms with Crippen LogP contribution in [0.15, 0.2) is 24.3 Å². The predicted molar refractivity (Wildman–Crippen MR) is 170 cm³/mol. The molecule has 0 unspecified atom stereocenters. The standard InChI is InChI=1S/C33H48N6O8/c1-17-9-7-10-22(13-17)15-23(34)28(41)36-26-21(5)47-33(46)25-14-18(2)16-39(25)30(43)19(3)35-29(42)27(20(4)40)37(6)31(44)24-11-8-12-38(24)32(26)45/h7,9-10,13,18-21,23-27,40H,8,11-12,14-16,34H2,1-6H3,(H,35,42)(H,36,41)/t18-,19+,20+,21+,23+,24+,25+,26+,27+/m1/s1. The Morgan fingerprint density at radius 1 is 1.09 bits per heavy atom. The van der Waals surface area contributed by atoms with Crippen molar-refractivity contribution in [2.45, 2.75) is 109 Å². The number of hydrogen-bond acceptors (Lipinski definition) is 9. The zero-order valence-corrected chi connectivity index (χ0v) is 28.0. The molecule has 14 nitrogen and oxygen atoms in total. The minimum atomic E-state index is -1.40. The number of fused-ring (bicyclic) bond motifs is 2. The zero-order chi connectivity index (χ0) is 34.7. The number of nitrogens with zero attached hydrogens (tertiary/aromatic N) is 3. The molecule has 3 aliphatic rings. The summed E-state index contributed by atoms with van der Waals surface area (Å²) < 4.78 is 5.81. The molecule has 4 rings (SSSR count). The summed E-state index contributed by atoms with van der Waals surface area (Å²) in [5, 5.41) is 15.9. The van der Waals surface area contributed by atoms with E-state index in [2.05, 4.69) is 10.6 Å². The fourth-order valence-corrected chi connectivity index (χ4v) is 6.83. The van der Waals surface area contributed by atoms with Gasteiger partial charge in [-0.2, -0.15) is 0 Å². The minimum absolute atomic E-state index is 0.0622. The number of amides is 5. The predicted octanol–water partition coefficient (Wildman–Crippen LogP) is -0.765. The topological polar surface area (TPSA) is 192 Å². The summed E-state index contributed by atoms with van der Waals surface area (Å²) in [6.07, 6.45) is -1.28. The van der Waals surface area contributed by atoms with Crippen molar-refractivity contribution in [3.63, 3.8) is 0 Å². The second kappa shape index (κ2) is 14.8. The third-order valence-electron chi connectivity index (χ3n) is 9.32. The number of nitrogens with two attached hydrogens (primary N) is 1. The van der Waals surface area contributed by atoms with Gasteiger partial charge in [-0.15, -0.1) is 0 Å². The number of likely N-dealkylation sites (N-methyl/N-ethyl adjacent to an activating group) is 1. The van der Waals surface area contributed by atoms with E-state index in [4.69, 9.17) is 10.5 Å². The molecule has 47 heavy (non-hydrogen) atoms. The Balaban J connectivity index is 1.70. The first-order valence-corrected chi connectivity index (χ1v) is 16.3. The number of cyclic esters (lactones) is 1. The molecule has 5 N–H and O–H groups in total. The Morgan fingerprint density at radius 3 is 2.45 bits per heavy atom. The molecule has 0 bridgehead atoms. The Kier molecular flexibility index (Phi) is 11.3. The van der Waals surface area contributed by atoms with Gasteiger partial charge in [0.15, 0.2) is 0 Å². The summed E-state index contributed by atoms with van der Waals surface area (Å²) in [5.41, 5.74) is 8.11. The van der Waals surface area contributed by atoms with E-state index < -0.39 is 84.0 Å². The van der Waals surface area contributed by atoms with E-state index in [-0.39, 0.29) is 31.8 Å². The average molecular weight is 657 g/mol. The molecule has 3 aliphatic heterocycles. The maximum Gasteiger partial charge on any atom is 0.329 e. The summed E-state index contributed by atoms with van der Waals surface area (Å²) in [6, 6.07) is 0.643. The summed E-state index contributed by atoms with van der Waals surface area (Å²) in [4.78, 5) is 85.8. The number of esters is 1. The molecule has 3 saturated heterocycles. The van der Waals surface area contributed by atoms with Crippen LogP contribution in [0.1, 0.15) is 58.1 Å². The molecule has 1 aromatic carbocycles. The Labute approximate surface area is 275 Å². The highest BCUT2D eigenvalue weighted by atomic mass is 16.5. The Hall–Kier alpha value is -4.04. The van der Waals surface area contributed by atoms with Gasteiger partial charge in [0.2, 0.25) is 29.5 Å². The van der Waals surface area contributed by atoms with Gasteiger partial charge in [-0.25, -0.2) is 4.79 Å². The van der Waals surface area contributed by atoms with Gasteiger partial charge >= 0.3 is 5.97 Å². The van der Waals surface area contributed by atoms with E-state index in [1.807, 2.05) is 38.1 Å². The largest absolute Gasteiger partial charge is 0.458 e. The van der Waals surface area contributed by atoms with Crippen molar-refractivity contribution < 1.29 is 38.6 Å². The number of benzene rings is 1. The third-order valence-corrected chi connectivity index (χ3v) is 9.32. The quantitative estimate of drug-likeness (QED) is 0.295. The molecule has 0 spiro atoms. The summed E-state index contributed by atoms with van der Waals surface area (Å²) in [6.45, 7) is 8.52. The van der Waals surface area contributed by atoms with Gasteiger partial charge in [0.05, 0.1) is 12.1 Å². The van der Waals surface area contributed by atoms with E-state index in [1.165, 1.54) is 37.6 Å². The maximum atomic E-state index is 14.2. The SMILES string of the molecule is Cc1cccc(C[C@H](N)C(=O)N[C@@H]2C(=O)N3CCC[C@H]3C(=O)N(C)[C@@H]([C@H](C)O)C(=O)N[C@@H](C)C(=O)N3C[C@H](C)C[C@H]3C(=O)O[C@H]2C)c1. The van der Waals surface area contributed by atoms with Crippen molar-refractivity contribution in [1.82, 2.24) is 25.3 Å². The van der Waals surface area contributed by atoms with Crippen LogP contribution in [0, 0.1) is 12.8 Å². The molecule has 0 aliphatic carbocycles. The van der Waals surface area contributed by atoms with E-state index in [1.54, 1.807) is 0 Å². The molecule has 0 radical (unpaired) electrons. The van der Waals surface area contributed by atoms with Crippen molar-refractivity contribution in [3.05, 3.63) is 35.4 Å². The molecule has 0 aromatic heterocycles. The number of nitrogens with one attached hydrogen (secondary N) is 2. The molecule has 3 fully saturated rings. The highest BCUT2D eigenvalue weighted by Gasteiger charge is 2.47. The fourth-order valence-electron chi connectivity index (χ4n) is 6.83. The molecule has 0 saturated carbocycles. The second-order valence-electron chi connectivity index (χ2n) is 13.3. The zero-order valence-electron chi connectivity index (χ0n) is 28.0. The third kappa shape index (κ3) is 7.92. The van der Waals surface area contributed by atoms with Gasteiger partial charge in [-0.05, 0) is 64.9 Å². The van der Waals surface area contributed by atoms with Crippen molar-refractivity contribution in [2.24, 2.45) is 11.7 Å². The summed E-state index contributed by atoms with van der Waals surface area (Å²) in [5.74, 6) is -4.01. The monoisotopic (exact) mass is 656 g/mol. The van der Waals surface area contributed by atoms with Crippen LogP contribution in [-0.2, 0) is 39.9 Å². The van der Waals surface area contributed by atoms with Crippen LogP contribution < -0.4 is 16.4 Å². The highest BCUT2D eigenvalue weighted by Crippen LogP contribution is 2.27.